The second-order valence-corrected chi connectivity index (χ2v) is 7.05. The van der Waals surface area contributed by atoms with Crippen LogP contribution < -0.4 is 5.73 Å². The van der Waals surface area contributed by atoms with Crippen LogP contribution in [0.15, 0.2) is 12.7 Å². The highest BCUT2D eigenvalue weighted by Crippen LogP contribution is 2.40. The number of fused-ring (bicyclic) bond motifs is 1. The Morgan fingerprint density at radius 2 is 1.96 bits per heavy atom. The van der Waals surface area contributed by atoms with Crippen LogP contribution in [0.4, 0.5) is 5.82 Å². The number of nitrogens with two attached hydrogens (primary N) is 1. The van der Waals surface area contributed by atoms with Gasteiger partial charge in [-0.25, -0.2) is 15.0 Å². The lowest BCUT2D eigenvalue weighted by atomic mass is 9.95. The van der Waals surface area contributed by atoms with Crippen molar-refractivity contribution in [3.05, 3.63) is 12.7 Å². The number of alkyl halides is 1. The summed E-state index contributed by atoms with van der Waals surface area (Å²) in [4.78, 5) is 12.2. The summed E-state index contributed by atoms with van der Waals surface area (Å²) in [5, 5.41) is 20.6. The first-order chi connectivity index (χ1) is 11.6. The van der Waals surface area contributed by atoms with Crippen molar-refractivity contribution in [3.8, 4) is 0 Å². The Hall–Kier alpha value is -1.48. The zero-order chi connectivity index (χ0) is 16.8. The van der Waals surface area contributed by atoms with Gasteiger partial charge in [0, 0.05) is 0 Å². The van der Waals surface area contributed by atoms with Crippen molar-refractivity contribution < 1.29 is 14.9 Å². The predicted molar refractivity (Wildman–Crippen MR) is 87.3 cm³/mol. The van der Waals surface area contributed by atoms with Crippen LogP contribution in [0.25, 0.3) is 11.2 Å². The van der Waals surface area contributed by atoms with Gasteiger partial charge in [-0.3, -0.25) is 4.57 Å². The van der Waals surface area contributed by atoms with Crippen LogP contribution in [0.3, 0.4) is 0 Å². The van der Waals surface area contributed by atoms with E-state index in [0.29, 0.717) is 17.1 Å². The summed E-state index contributed by atoms with van der Waals surface area (Å²) in [6, 6.07) is 0. The van der Waals surface area contributed by atoms with E-state index in [-0.39, 0.29) is 11.2 Å². The number of aliphatic hydroxyl groups excluding tert-OH is 2. The molecule has 1 saturated heterocycles. The third-order valence-corrected chi connectivity index (χ3v) is 5.71. The van der Waals surface area contributed by atoms with Crippen molar-refractivity contribution in [2.24, 2.45) is 5.92 Å². The molecule has 4 N–H and O–H groups in total. The van der Waals surface area contributed by atoms with E-state index in [0.717, 1.165) is 25.7 Å². The van der Waals surface area contributed by atoms with Gasteiger partial charge in [-0.2, -0.15) is 0 Å². The normalized spacial score (nSPS) is 32.6. The first-order valence-electron chi connectivity index (χ1n) is 8.16. The van der Waals surface area contributed by atoms with Gasteiger partial charge < -0.3 is 20.7 Å². The molecule has 4 rings (SSSR count). The maximum atomic E-state index is 10.5. The molecule has 0 spiro atoms. The maximum Gasteiger partial charge on any atom is 0.167 e. The molecular formula is C15H20ClN5O3. The van der Waals surface area contributed by atoms with Crippen LogP contribution in [-0.4, -0.2) is 53.4 Å². The van der Waals surface area contributed by atoms with Crippen LogP contribution in [0.2, 0.25) is 0 Å². The van der Waals surface area contributed by atoms with Crippen LogP contribution in [0.5, 0.6) is 0 Å². The first kappa shape index (κ1) is 16.0. The third-order valence-electron chi connectivity index (χ3n) is 5.10. The molecule has 2 aromatic heterocycles. The smallest absolute Gasteiger partial charge is 0.167 e. The Labute approximate surface area is 143 Å². The van der Waals surface area contributed by atoms with Crippen LogP contribution in [0, 0.1) is 5.92 Å². The fourth-order valence-corrected chi connectivity index (χ4v) is 4.24. The number of hydrogen-bond acceptors (Lipinski definition) is 7. The minimum absolute atomic E-state index is 0.254. The van der Waals surface area contributed by atoms with E-state index < -0.39 is 24.5 Å². The molecule has 3 heterocycles. The summed E-state index contributed by atoms with van der Waals surface area (Å²) < 4.78 is 7.51. The number of ether oxygens (including phenoxy) is 1. The highest BCUT2D eigenvalue weighted by Gasteiger charge is 2.49. The van der Waals surface area contributed by atoms with Gasteiger partial charge in [-0.05, 0) is 18.8 Å². The fourth-order valence-electron chi connectivity index (χ4n) is 3.78. The Kier molecular flexibility index (Phi) is 4.07. The topological polar surface area (TPSA) is 119 Å². The Bertz CT molecular complexity index is 735. The lowest BCUT2D eigenvalue weighted by molar-refractivity contribution is -0.0395. The molecule has 9 heteroatoms. The lowest BCUT2D eigenvalue weighted by Gasteiger charge is -2.25. The minimum Gasteiger partial charge on any atom is -0.387 e. The van der Waals surface area contributed by atoms with Crippen molar-refractivity contribution in [2.45, 2.75) is 55.6 Å². The molecule has 2 fully saturated rings. The van der Waals surface area contributed by atoms with Gasteiger partial charge in [0.1, 0.15) is 30.2 Å². The summed E-state index contributed by atoms with van der Waals surface area (Å²) in [6.07, 6.45) is 3.53. The average Bonchev–Trinajstić information content (AvgIpc) is 3.29. The van der Waals surface area contributed by atoms with Gasteiger partial charge in [0.2, 0.25) is 0 Å². The third kappa shape index (κ3) is 2.45. The molecule has 130 valence electrons. The molecule has 1 aliphatic carbocycles. The SMILES string of the molecule is Nc1ncnc2c1ncn2[C@@H]1O[C@H](C(Cl)C2CCCC2)[C@@H](O)[C@H]1O. The highest BCUT2D eigenvalue weighted by atomic mass is 35.5. The summed E-state index contributed by atoms with van der Waals surface area (Å²) in [7, 11) is 0. The molecule has 0 aromatic carbocycles. The standard InChI is InChI=1S/C15H20ClN5O3/c16-8(7-3-1-2-4-7)12-10(22)11(23)15(24-12)21-6-20-9-13(17)18-5-19-14(9)21/h5-8,10-12,15,22-23H,1-4H2,(H2,17,18,19)/t8?,10-,11+,12+,15+/m0/s1. The van der Waals surface area contributed by atoms with Crippen LogP contribution >= 0.6 is 11.6 Å². The van der Waals surface area contributed by atoms with Gasteiger partial charge in [0.05, 0.1) is 11.7 Å². The predicted octanol–water partition coefficient (Wildman–Crippen LogP) is 0.825. The second kappa shape index (κ2) is 6.11. The molecule has 0 amide bonds. The van der Waals surface area contributed by atoms with E-state index >= 15 is 0 Å². The number of aromatic nitrogens is 4. The van der Waals surface area contributed by atoms with Crippen LogP contribution in [-0.2, 0) is 4.74 Å². The zero-order valence-corrected chi connectivity index (χ0v) is 13.8. The molecule has 2 aromatic rings. The van der Waals surface area contributed by atoms with Gasteiger partial charge >= 0.3 is 0 Å². The quantitative estimate of drug-likeness (QED) is 0.699. The molecule has 0 bridgehead atoms. The van der Waals surface area contributed by atoms with Crippen molar-refractivity contribution in [3.63, 3.8) is 0 Å². The number of rotatable bonds is 3. The summed E-state index contributed by atoms with van der Waals surface area (Å²) in [5.74, 6) is 0.555. The molecule has 5 atom stereocenters. The molecule has 0 radical (unpaired) electrons. The molecule has 8 nitrogen and oxygen atoms in total. The van der Waals surface area contributed by atoms with E-state index in [1.807, 2.05) is 0 Å². The van der Waals surface area contributed by atoms with Crippen molar-refractivity contribution >= 4 is 28.6 Å². The number of imidazole rings is 1. The minimum atomic E-state index is -1.12. The van der Waals surface area contributed by atoms with Crippen molar-refractivity contribution in [2.75, 3.05) is 5.73 Å². The molecule has 24 heavy (non-hydrogen) atoms. The van der Waals surface area contributed by atoms with Gasteiger partial charge in [-0.15, -0.1) is 11.6 Å². The molecule has 2 aliphatic rings. The summed E-state index contributed by atoms with van der Waals surface area (Å²) in [5.41, 5.74) is 6.67. The number of aliphatic hydroxyl groups is 2. The fraction of sp³-hybridized carbons (Fsp3) is 0.667. The summed E-state index contributed by atoms with van der Waals surface area (Å²) >= 11 is 6.56. The van der Waals surface area contributed by atoms with Crippen LogP contribution in [0.1, 0.15) is 31.9 Å². The second-order valence-electron chi connectivity index (χ2n) is 6.54. The van der Waals surface area contributed by atoms with Gasteiger partial charge in [0.25, 0.3) is 0 Å². The molecule has 1 unspecified atom stereocenters. The Balaban J connectivity index is 1.62. The van der Waals surface area contributed by atoms with Gasteiger partial charge in [0.15, 0.2) is 17.7 Å². The first-order valence-corrected chi connectivity index (χ1v) is 8.60. The number of anilines is 1. The largest absolute Gasteiger partial charge is 0.387 e. The number of nitrogens with zero attached hydrogens (tertiary/aromatic N) is 4. The van der Waals surface area contributed by atoms with E-state index in [4.69, 9.17) is 22.1 Å². The Morgan fingerprint density at radius 3 is 2.71 bits per heavy atom. The molecule has 1 aliphatic heterocycles. The Morgan fingerprint density at radius 1 is 1.21 bits per heavy atom. The monoisotopic (exact) mass is 353 g/mol. The lowest BCUT2D eigenvalue weighted by Crippen LogP contribution is -2.39. The van der Waals surface area contributed by atoms with E-state index in [9.17, 15) is 10.2 Å². The van der Waals surface area contributed by atoms with E-state index in [2.05, 4.69) is 15.0 Å². The highest BCUT2D eigenvalue weighted by molar-refractivity contribution is 6.21. The van der Waals surface area contributed by atoms with Crippen molar-refractivity contribution in [1.82, 2.24) is 19.5 Å². The van der Waals surface area contributed by atoms with E-state index in [1.54, 1.807) is 4.57 Å². The van der Waals surface area contributed by atoms with E-state index in [1.165, 1.54) is 12.7 Å². The molecular weight excluding hydrogens is 334 g/mol. The van der Waals surface area contributed by atoms with Gasteiger partial charge in [-0.1, -0.05) is 12.8 Å². The average molecular weight is 354 g/mol. The maximum absolute atomic E-state index is 10.5. The number of halogens is 1. The summed E-state index contributed by atoms with van der Waals surface area (Å²) in [6.45, 7) is 0. The number of hydrogen-bond donors (Lipinski definition) is 3. The van der Waals surface area contributed by atoms with Crippen molar-refractivity contribution in [1.29, 1.82) is 0 Å². The zero-order valence-electron chi connectivity index (χ0n) is 13.0. The number of nitrogen functional groups attached to an aromatic ring is 1. The molecule has 1 saturated carbocycles.